The minimum Gasteiger partial charge on any atom is -0.477 e. The van der Waals surface area contributed by atoms with Gasteiger partial charge < -0.3 is 10.5 Å². The molecule has 80 valence electrons. The van der Waals surface area contributed by atoms with Gasteiger partial charge in [-0.2, -0.15) is 5.10 Å². The average molecular weight is 207 g/mol. The molecule has 2 heterocycles. The van der Waals surface area contributed by atoms with Crippen LogP contribution in [0.25, 0.3) is 11.0 Å². The van der Waals surface area contributed by atoms with E-state index in [1.54, 1.807) is 18.7 Å². The number of nitrogens with two attached hydrogens (primary N) is 1. The van der Waals surface area contributed by atoms with E-state index in [2.05, 4.69) is 15.1 Å². The molecule has 15 heavy (non-hydrogen) atoms. The predicted molar refractivity (Wildman–Crippen MR) is 56.6 cm³/mol. The third kappa shape index (κ3) is 1.47. The number of hydrogen-bond donors (Lipinski definition) is 1. The number of rotatable bonds is 2. The van der Waals surface area contributed by atoms with Crippen LogP contribution in [0.2, 0.25) is 0 Å². The summed E-state index contributed by atoms with van der Waals surface area (Å²) in [5, 5.41) is 4.21. The van der Waals surface area contributed by atoms with Crippen molar-refractivity contribution in [3.05, 3.63) is 5.82 Å². The molecule has 0 aliphatic heterocycles. The molecular formula is C9H13N5O. The largest absolute Gasteiger partial charge is 0.477 e. The van der Waals surface area contributed by atoms with Crippen LogP contribution in [0.5, 0.6) is 5.88 Å². The fourth-order valence-corrected chi connectivity index (χ4v) is 1.48. The lowest BCUT2D eigenvalue weighted by molar-refractivity contribution is 0.312. The van der Waals surface area contributed by atoms with Gasteiger partial charge in [-0.1, -0.05) is 0 Å². The Morgan fingerprint density at radius 2 is 2.07 bits per heavy atom. The lowest BCUT2D eigenvalue weighted by Gasteiger charge is -2.02. The maximum absolute atomic E-state index is 5.75. The summed E-state index contributed by atoms with van der Waals surface area (Å²) in [4.78, 5) is 8.33. The van der Waals surface area contributed by atoms with Gasteiger partial charge in [0.1, 0.15) is 5.82 Å². The van der Waals surface area contributed by atoms with Crippen molar-refractivity contribution in [3.63, 3.8) is 0 Å². The van der Waals surface area contributed by atoms with E-state index in [1.807, 2.05) is 6.92 Å². The van der Waals surface area contributed by atoms with Crippen LogP contribution in [-0.4, -0.2) is 26.4 Å². The van der Waals surface area contributed by atoms with Crippen molar-refractivity contribution in [3.8, 4) is 5.88 Å². The number of nitrogen functional groups attached to an aromatic ring is 1. The predicted octanol–water partition coefficient (Wildman–Crippen LogP) is 0.653. The molecule has 2 rings (SSSR count). The Morgan fingerprint density at radius 1 is 1.33 bits per heavy atom. The Labute approximate surface area is 87.1 Å². The standard InChI is InChI=1S/C9H13N5O/c1-4-15-9-7-6(13-14(9)3)8(10)12-5(2)11-7/h4H2,1-3H3,(H2,10,11,12). The van der Waals surface area contributed by atoms with Crippen LogP contribution < -0.4 is 10.5 Å². The molecule has 0 saturated heterocycles. The highest BCUT2D eigenvalue weighted by molar-refractivity contribution is 5.87. The molecular weight excluding hydrogens is 194 g/mol. The summed E-state index contributed by atoms with van der Waals surface area (Å²) in [7, 11) is 1.79. The highest BCUT2D eigenvalue weighted by atomic mass is 16.5. The normalized spacial score (nSPS) is 10.9. The molecule has 0 radical (unpaired) electrons. The van der Waals surface area contributed by atoms with Gasteiger partial charge in [-0.05, 0) is 13.8 Å². The van der Waals surface area contributed by atoms with Crippen LogP contribution in [0.1, 0.15) is 12.7 Å². The summed E-state index contributed by atoms with van der Waals surface area (Å²) in [6.07, 6.45) is 0. The minimum atomic E-state index is 0.388. The van der Waals surface area contributed by atoms with Crippen LogP contribution in [0, 0.1) is 6.92 Å². The molecule has 6 heteroatoms. The van der Waals surface area contributed by atoms with Crippen LogP contribution in [0.3, 0.4) is 0 Å². The van der Waals surface area contributed by atoms with Crippen LogP contribution in [0.4, 0.5) is 5.82 Å². The SMILES string of the molecule is CCOc1c2nc(C)nc(N)c2nn1C. The van der Waals surface area contributed by atoms with E-state index in [9.17, 15) is 0 Å². The van der Waals surface area contributed by atoms with E-state index < -0.39 is 0 Å². The summed E-state index contributed by atoms with van der Waals surface area (Å²) in [5.74, 6) is 1.64. The molecule has 6 nitrogen and oxygen atoms in total. The first kappa shape index (κ1) is 9.70. The number of anilines is 1. The molecule has 0 bridgehead atoms. The maximum Gasteiger partial charge on any atom is 0.239 e. The van der Waals surface area contributed by atoms with E-state index in [4.69, 9.17) is 10.5 Å². The molecule has 0 fully saturated rings. The van der Waals surface area contributed by atoms with Gasteiger partial charge in [0.05, 0.1) is 6.61 Å². The quantitative estimate of drug-likeness (QED) is 0.782. The van der Waals surface area contributed by atoms with Gasteiger partial charge in [0.25, 0.3) is 0 Å². The smallest absolute Gasteiger partial charge is 0.239 e. The number of hydrogen-bond acceptors (Lipinski definition) is 5. The zero-order valence-electron chi connectivity index (χ0n) is 8.98. The first-order valence-electron chi connectivity index (χ1n) is 4.73. The second-order valence-electron chi connectivity index (χ2n) is 3.22. The Kier molecular flexibility index (Phi) is 2.18. The molecule has 0 aliphatic carbocycles. The topological polar surface area (TPSA) is 78.8 Å². The van der Waals surface area contributed by atoms with Gasteiger partial charge in [-0.3, -0.25) is 0 Å². The monoisotopic (exact) mass is 207 g/mol. The van der Waals surface area contributed by atoms with Gasteiger partial charge in [0, 0.05) is 7.05 Å². The number of aryl methyl sites for hydroxylation is 2. The minimum absolute atomic E-state index is 0.388. The number of aromatic nitrogens is 4. The summed E-state index contributed by atoms with van der Waals surface area (Å²) in [6, 6.07) is 0. The van der Waals surface area contributed by atoms with Gasteiger partial charge in [0.15, 0.2) is 16.9 Å². The van der Waals surface area contributed by atoms with E-state index in [1.165, 1.54) is 0 Å². The van der Waals surface area contributed by atoms with Crippen LogP contribution >= 0.6 is 0 Å². The average Bonchev–Trinajstić information content (AvgIpc) is 2.46. The number of fused-ring (bicyclic) bond motifs is 1. The molecule has 0 aliphatic rings. The van der Waals surface area contributed by atoms with Crippen molar-refractivity contribution in [1.29, 1.82) is 0 Å². The molecule has 0 atom stereocenters. The van der Waals surface area contributed by atoms with E-state index >= 15 is 0 Å². The molecule has 0 aromatic carbocycles. The van der Waals surface area contributed by atoms with Gasteiger partial charge in [0.2, 0.25) is 5.88 Å². The Hall–Kier alpha value is -1.85. The van der Waals surface area contributed by atoms with Gasteiger partial charge >= 0.3 is 0 Å². The number of nitrogens with zero attached hydrogens (tertiary/aromatic N) is 4. The maximum atomic E-state index is 5.75. The first-order valence-corrected chi connectivity index (χ1v) is 4.73. The van der Waals surface area contributed by atoms with Crippen LogP contribution in [0.15, 0.2) is 0 Å². The van der Waals surface area contributed by atoms with Crippen molar-refractivity contribution in [2.24, 2.45) is 7.05 Å². The Bertz CT molecular complexity index is 505. The fourth-order valence-electron chi connectivity index (χ4n) is 1.48. The third-order valence-electron chi connectivity index (χ3n) is 2.05. The summed E-state index contributed by atoms with van der Waals surface area (Å²) in [5.41, 5.74) is 7.01. The molecule has 0 unspecified atom stereocenters. The van der Waals surface area contributed by atoms with E-state index in [0.717, 1.165) is 0 Å². The lowest BCUT2D eigenvalue weighted by atomic mass is 10.4. The molecule has 0 amide bonds. The van der Waals surface area contributed by atoms with E-state index in [-0.39, 0.29) is 0 Å². The lowest BCUT2D eigenvalue weighted by Crippen LogP contribution is -1.99. The highest BCUT2D eigenvalue weighted by Gasteiger charge is 2.14. The van der Waals surface area contributed by atoms with Crippen molar-refractivity contribution >= 4 is 16.9 Å². The highest BCUT2D eigenvalue weighted by Crippen LogP contribution is 2.25. The summed E-state index contributed by atoms with van der Waals surface area (Å²) in [6.45, 7) is 4.27. The molecule has 0 spiro atoms. The Morgan fingerprint density at radius 3 is 2.73 bits per heavy atom. The Balaban J connectivity index is 2.74. The van der Waals surface area contributed by atoms with Crippen molar-refractivity contribution in [2.45, 2.75) is 13.8 Å². The van der Waals surface area contributed by atoms with Gasteiger partial charge in [-0.25, -0.2) is 14.6 Å². The number of ether oxygens (including phenoxy) is 1. The molecule has 2 aromatic rings. The van der Waals surface area contributed by atoms with Crippen molar-refractivity contribution < 1.29 is 4.74 Å². The summed E-state index contributed by atoms with van der Waals surface area (Å²) < 4.78 is 7.08. The zero-order valence-corrected chi connectivity index (χ0v) is 8.98. The summed E-state index contributed by atoms with van der Waals surface area (Å²) >= 11 is 0. The third-order valence-corrected chi connectivity index (χ3v) is 2.05. The molecule has 0 saturated carbocycles. The zero-order chi connectivity index (χ0) is 11.0. The van der Waals surface area contributed by atoms with Crippen molar-refractivity contribution in [1.82, 2.24) is 19.7 Å². The van der Waals surface area contributed by atoms with Crippen LogP contribution in [-0.2, 0) is 7.05 Å². The second-order valence-corrected chi connectivity index (χ2v) is 3.22. The van der Waals surface area contributed by atoms with Crippen molar-refractivity contribution in [2.75, 3.05) is 12.3 Å². The first-order chi connectivity index (χ1) is 7.13. The second kappa shape index (κ2) is 3.38. The molecule has 2 aromatic heterocycles. The van der Waals surface area contributed by atoms with E-state index in [0.29, 0.717) is 35.2 Å². The molecule has 2 N–H and O–H groups in total. The fraction of sp³-hybridized carbons (Fsp3) is 0.444. The van der Waals surface area contributed by atoms with Gasteiger partial charge in [-0.15, -0.1) is 0 Å².